The molecule has 0 aliphatic heterocycles. The fourth-order valence-corrected chi connectivity index (χ4v) is 1.08. The molecule has 0 aromatic heterocycles. The molecule has 60 valence electrons. The van der Waals surface area contributed by atoms with E-state index in [4.69, 9.17) is 0 Å². The van der Waals surface area contributed by atoms with Crippen LogP contribution in [0, 0.1) is 5.92 Å². The van der Waals surface area contributed by atoms with E-state index in [-0.39, 0.29) is 11.7 Å². The van der Waals surface area contributed by atoms with Crippen molar-refractivity contribution in [1.82, 2.24) is 0 Å². The van der Waals surface area contributed by atoms with Gasteiger partial charge in [-0.05, 0) is 12.5 Å². The third kappa shape index (κ3) is 1.77. The summed E-state index contributed by atoms with van der Waals surface area (Å²) < 4.78 is 0. The molecule has 1 N–H and O–H groups in total. The Hall–Kier alpha value is -0.890. The molecule has 2 atom stereocenters. The van der Waals surface area contributed by atoms with Gasteiger partial charge in [0.05, 0.1) is 12.0 Å². The van der Waals surface area contributed by atoms with Gasteiger partial charge in [-0.25, -0.2) is 0 Å². The van der Waals surface area contributed by atoms with Crippen molar-refractivity contribution < 1.29 is 9.90 Å². The monoisotopic (exact) mass is 152 g/mol. The van der Waals surface area contributed by atoms with Gasteiger partial charge in [0.25, 0.3) is 0 Å². The molecule has 0 radical (unpaired) electrons. The van der Waals surface area contributed by atoms with Crippen molar-refractivity contribution in [2.45, 2.75) is 19.4 Å². The normalized spacial score (nSPS) is 30.5. The second-order valence-electron chi connectivity index (χ2n) is 2.61. The number of hydrogen-bond donors (Lipinski definition) is 1. The summed E-state index contributed by atoms with van der Waals surface area (Å²) in [6, 6.07) is 0. The Balaban J connectivity index is 2.59. The van der Waals surface area contributed by atoms with Gasteiger partial charge in [-0.1, -0.05) is 25.2 Å². The number of carbonyl (C=O) groups excluding carboxylic acids is 1. The zero-order valence-corrected chi connectivity index (χ0v) is 6.53. The lowest BCUT2D eigenvalue weighted by atomic mass is 10.0. The summed E-state index contributed by atoms with van der Waals surface area (Å²) in [6.07, 6.45) is 6.94. The molecule has 0 bridgehead atoms. The quantitative estimate of drug-likeness (QED) is 0.601. The zero-order valence-electron chi connectivity index (χ0n) is 6.53. The Bertz CT molecular complexity index is 204. The van der Waals surface area contributed by atoms with Crippen LogP contribution in [0.5, 0.6) is 0 Å². The van der Waals surface area contributed by atoms with E-state index in [9.17, 15) is 9.90 Å². The molecule has 2 heteroatoms. The van der Waals surface area contributed by atoms with E-state index in [0.29, 0.717) is 0 Å². The maximum absolute atomic E-state index is 11.0. The zero-order chi connectivity index (χ0) is 8.27. The van der Waals surface area contributed by atoms with Gasteiger partial charge < -0.3 is 5.11 Å². The minimum atomic E-state index is -0.606. The lowest BCUT2D eigenvalue weighted by Crippen LogP contribution is -2.17. The smallest absolute Gasteiger partial charge is 0.165 e. The van der Waals surface area contributed by atoms with E-state index < -0.39 is 6.10 Å². The summed E-state index contributed by atoms with van der Waals surface area (Å²) >= 11 is 0. The largest absolute Gasteiger partial charge is 0.388 e. The first-order valence-corrected chi connectivity index (χ1v) is 3.82. The summed E-state index contributed by atoms with van der Waals surface area (Å²) in [5.41, 5.74) is 0. The number of aliphatic hydroxyl groups is 1. The van der Waals surface area contributed by atoms with Crippen molar-refractivity contribution in [3.05, 3.63) is 24.3 Å². The van der Waals surface area contributed by atoms with E-state index >= 15 is 0 Å². The molecular weight excluding hydrogens is 140 g/mol. The Kier molecular flexibility index (Phi) is 2.60. The molecule has 0 saturated heterocycles. The van der Waals surface area contributed by atoms with Crippen molar-refractivity contribution in [1.29, 1.82) is 0 Å². The molecule has 1 aliphatic rings. The first kappa shape index (κ1) is 8.21. The number of carbonyl (C=O) groups is 1. The van der Waals surface area contributed by atoms with Gasteiger partial charge in [-0.3, -0.25) is 4.79 Å². The predicted octanol–water partition coefficient (Wildman–Crippen LogP) is 1.07. The van der Waals surface area contributed by atoms with Crippen molar-refractivity contribution in [3.8, 4) is 0 Å². The van der Waals surface area contributed by atoms with Crippen LogP contribution in [0.15, 0.2) is 24.3 Å². The van der Waals surface area contributed by atoms with Crippen molar-refractivity contribution in [3.63, 3.8) is 0 Å². The maximum atomic E-state index is 11.0. The van der Waals surface area contributed by atoms with Crippen LogP contribution in [-0.2, 0) is 4.79 Å². The summed E-state index contributed by atoms with van der Waals surface area (Å²) in [5.74, 6) is -0.322. The van der Waals surface area contributed by atoms with E-state index in [0.717, 1.165) is 6.42 Å². The Morgan fingerprint density at radius 2 is 2.45 bits per heavy atom. The van der Waals surface area contributed by atoms with Gasteiger partial charge in [0.2, 0.25) is 0 Å². The highest BCUT2D eigenvalue weighted by atomic mass is 16.3. The molecule has 0 saturated carbocycles. The van der Waals surface area contributed by atoms with Crippen LogP contribution in [0.1, 0.15) is 13.3 Å². The van der Waals surface area contributed by atoms with E-state index in [1.807, 2.05) is 13.0 Å². The van der Waals surface area contributed by atoms with Crippen LogP contribution in [0.25, 0.3) is 0 Å². The highest BCUT2D eigenvalue weighted by Gasteiger charge is 2.25. The van der Waals surface area contributed by atoms with Crippen LogP contribution in [0.3, 0.4) is 0 Å². The van der Waals surface area contributed by atoms with Gasteiger partial charge in [-0.2, -0.15) is 0 Å². The van der Waals surface area contributed by atoms with E-state index in [1.54, 1.807) is 6.08 Å². The Morgan fingerprint density at radius 1 is 1.73 bits per heavy atom. The highest BCUT2D eigenvalue weighted by molar-refractivity contribution is 5.96. The topological polar surface area (TPSA) is 37.3 Å². The van der Waals surface area contributed by atoms with Crippen molar-refractivity contribution >= 4 is 5.78 Å². The number of hydrogen-bond acceptors (Lipinski definition) is 2. The minimum Gasteiger partial charge on any atom is -0.388 e. The molecule has 0 fully saturated rings. The first-order valence-electron chi connectivity index (χ1n) is 3.82. The third-order valence-corrected chi connectivity index (χ3v) is 1.73. The highest BCUT2D eigenvalue weighted by Crippen LogP contribution is 2.16. The molecule has 2 unspecified atom stereocenters. The second-order valence-corrected chi connectivity index (χ2v) is 2.61. The summed E-state index contributed by atoms with van der Waals surface area (Å²) in [4.78, 5) is 11.0. The lowest BCUT2D eigenvalue weighted by molar-refractivity contribution is -0.117. The molecule has 0 aromatic carbocycles. The van der Waals surface area contributed by atoms with E-state index in [1.165, 1.54) is 12.2 Å². The molecular formula is C9H12O2. The van der Waals surface area contributed by atoms with Crippen LogP contribution < -0.4 is 0 Å². The van der Waals surface area contributed by atoms with Gasteiger partial charge in [-0.15, -0.1) is 0 Å². The number of rotatable bonds is 2. The Labute approximate surface area is 66.2 Å². The average molecular weight is 152 g/mol. The summed E-state index contributed by atoms with van der Waals surface area (Å²) in [5, 5.41) is 9.23. The van der Waals surface area contributed by atoms with E-state index in [2.05, 4.69) is 0 Å². The third-order valence-electron chi connectivity index (χ3n) is 1.73. The van der Waals surface area contributed by atoms with Crippen molar-refractivity contribution in [2.75, 3.05) is 0 Å². The molecule has 11 heavy (non-hydrogen) atoms. The fourth-order valence-electron chi connectivity index (χ4n) is 1.08. The second kappa shape index (κ2) is 3.49. The van der Waals surface area contributed by atoms with Gasteiger partial charge in [0, 0.05) is 0 Å². The first-order chi connectivity index (χ1) is 5.25. The number of ketones is 1. The van der Waals surface area contributed by atoms with Gasteiger partial charge in [0.15, 0.2) is 5.78 Å². The van der Waals surface area contributed by atoms with Crippen LogP contribution in [0.4, 0.5) is 0 Å². The average Bonchev–Trinajstić information content (AvgIpc) is 2.29. The van der Waals surface area contributed by atoms with Crippen molar-refractivity contribution in [2.24, 2.45) is 5.92 Å². The molecule has 2 nitrogen and oxygen atoms in total. The number of allylic oxidation sites excluding steroid dienone is 2. The maximum Gasteiger partial charge on any atom is 0.165 e. The SMILES string of the molecule is CC/C=C\C1C(=O)C=CC1O. The van der Waals surface area contributed by atoms with Crippen LogP contribution in [-0.4, -0.2) is 17.0 Å². The van der Waals surface area contributed by atoms with Crippen LogP contribution in [0.2, 0.25) is 0 Å². The van der Waals surface area contributed by atoms with Gasteiger partial charge in [0.1, 0.15) is 0 Å². The van der Waals surface area contributed by atoms with Gasteiger partial charge >= 0.3 is 0 Å². The Morgan fingerprint density at radius 3 is 2.91 bits per heavy atom. The van der Waals surface area contributed by atoms with Crippen LogP contribution >= 0.6 is 0 Å². The number of aliphatic hydroxyl groups excluding tert-OH is 1. The molecule has 0 spiro atoms. The predicted molar refractivity (Wildman–Crippen MR) is 43.1 cm³/mol. The summed E-state index contributed by atoms with van der Waals surface area (Å²) in [6.45, 7) is 2.00. The minimum absolute atomic E-state index is 0.00204. The lowest BCUT2D eigenvalue weighted by Gasteiger charge is -2.06. The molecule has 1 aliphatic carbocycles. The summed E-state index contributed by atoms with van der Waals surface area (Å²) in [7, 11) is 0. The molecule has 0 heterocycles. The molecule has 0 amide bonds. The fraction of sp³-hybridized carbons (Fsp3) is 0.444. The molecule has 1 rings (SSSR count). The molecule has 0 aromatic rings. The standard InChI is InChI=1S/C9H12O2/c1-2-3-4-7-8(10)5-6-9(7)11/h3-8,10H,2H2,1H3/b4-3-.